The van der Waals surface area contributed by atoms with Crippen molar-refractivity contribution in [2.24, 2.45) is 5.92 Å². The fraction of sp³-hybridized carbons (Fsp3) is 0.812. The minimum Gasteiger partial charge on any atom is -0.310 e. The Labute approximate surface area is 118 Å². The van der Waals surface area contributed by atoms with Gasteiger partial charge in [0, 0.05) is 23.8 Å². The summed E-state index contributed by atoms with van der Waals surface area (Å²) in [5, 5.41) is 8.23. The van der Waals surface area contributed by atoms with Crippen molar-refractivity contribution in [3.8, 4) is 0 Å². The number of nitrogens with zero attached hydrogens (tertiary/aromatic N) is 2. The van der Waals surface area contributed by atoms with Gasteiger partial charge >= 0.3 is 0 Å². The molecule has 1 aromatic heterocycles. The summed E-state index contributed by atoms with van der Waals surface area (Å²) in [6.45, 7) is 15.3. The Hall–Kier alpha value is -0.830. The zero-order chi connectivity index (χ0) is 14.4. The van der Waals surface area contributed by atoms with Crippen molar-refractivity contribution in [1.29, 1.82) is 0 Å². The smallest absolute Gasteiger partial charge is 0.0644 e. The molecule has 0 aromatic carbocycles. The van der Waals surface area contributed by atoms with Gasteiger partial charge in [0.1, 0.15) is 0 Å². The van der Waals surface area contributed by atoms with Crippen molar-refractivity contribution in [3.63, 3.8) is 0 Å². The predicted octanol–water partition coefficient (Wildman–Crippen LogP) is 4.00. The first-order chi connectivity index (χ1) is 8.97. The molecule has 1 atom stereocenters. The molecular formula is C16H31N3. The molecule has 1 aromatic rings. The molecule has 1 rings (SSSR count). The molecule has 0 saturated heterocycles. The summed E-state index contributed by atoms with van der Waals surface area (Å²) in [5.74, 6) is 0.824. The molecule has 0 bridgehead atoms. The Balaban J connectivity index is 2.45. The minimum absolute atomic E-state index is 0.402. The van der Waals surface area contributed by atoms with Crippen LogP contribution in [0.1, 0.15) is 70.0 Å². The van der Waals surface area contributed by atoms with Crippen molar-refractivity contribution < 1.29 is 0 Å². The fourth-order valence-corrected chi connectivity index (χ4v) is 2.74. The predicted molar refractivity (Wildman–Crippen MR) is 82.5 cm³/mol. The quantitative estimate of drug-likeness (QED) is 0.720. The Morgan fingerprint density at radius 1 is 1.16 bits per heavy atom. The second kappa shape index (κ2) is 7.68. The van der Waals surface area contributed by atoms with Crippen LogP contribution in [0.5, 0.6) is 0 Å². The number of hydrogen-bond donors (Lipinski definition) is 1. The van der Waals surface area contributed by atoms with Crippen LogP contribution in [0, 0.1) is 19.8 Å². The third-order valence-corrected chi connectivity index (χ3v) is 3.83. The number of unbranched alkanes of at least 4 members (excludes halogenated alkanes) is 1. The molecule has 0 spiro atoms. The van der Waals surface area contributed by atoms with E-state index in [1.54, 1.807) is 0 Å². The van der Waals surface area contributed by atoms with Gasteiger partial charge in [0.25, 0.3) is 0 Å². The summed E-state index contributed by atoms with van der Waals surface area (Å²) >= 11 is 0. The van der Waals surface area contributed by atoms with Gasteiger partial charge in [0.05, 0.1) is 5.69 Å². The average Bonchev–Trinajstić information content (AvgIpc) is 2.63. The summed E-state index contributed by atoms with van der Waals surface area (Å²) in [4.78, 5) is 0. The van der Waals surface area contributed by atoms with Gasteiger partial charge in [-0.25, -0.2) is 0 Å². The Morgan fingerprint density at radius 3 is 2.37 bits per heavy atom. The van der Waals surface area contributed by atoms with Gasteiger partial charge < -0.3 is 5.32 Å². The van der Waals surface area contributed by atoms with E-state index in [1.165, 1.54) is 36.2 Å². The van der Waals surface area contributed by atoms with E-state index >= 15 is 0 Å². The zero-order valence-corrected chi connectivity index (χ0v) is 13.6. The maximum Gasteiger partial charge on any atom is 0.0644 e. The molecule has 0 amide bonds. The second-order valence-corrected chi connectivity index (χ2v) is 5.97. The van der Waals surface area contributed by atoms with Crippen LogP contribution in [0.3, 0.4) is 0 Å². The molecule has 0 aliphatic rings. The Bertz CT molecular complexity index is 380. The van der Waals surface area contributed by atoms with E-state index in [0.29, 0.717) is 6.04 Å². The van der Waals surface area contributed by atoms with Gasteiger partial charge in [-0.05, 0) is 46.6 Å². The van der Waals surface area contributed by atoms with Crippen LogP contribution in [0.4, 0.5) is 0 Å². The van der Waals surface area contributed by atoms with Crippen molar-refractivity contribution in [2.75, 3.05) is 6.54 Å². The summed E-state index contributed by atoms with van der Waals surface area (Å²) in [7, 11) is 0. The lowest BCUT2D eigenvalue weighted by Crippen LogP contribution is -2.21. The lowest BCUT2D eigenvalue weighted by Gasteiger charge is -2.15. The van der Waals surface area contributed by atoms with Crippen LogP contribution in [0.15, 0.2) is 0 Å². The number of nitrogens with one attached hydrogen (secondary N) is 1. The number of aromatic nitrogens is 2. The van der Waals surface area contributed by atoms with Gasteiger partial charge in [-0.3, -0.25) is 4.68 Å². The summed E-state index contributed by atoms with van der Waals surface area (Å²) in [5.41, 5.74) is 3.86. The molecule has 0 saturated carbocycles. The Morgan fingerprint density at radius 2 is 1.84 bits per heavy atom. The Kier molecular flexibility index (Phi) is 6.56. The van der Waals surface area contributed by atoms with Crippen LogP contribution < -0.4 is 5.32 Å². The van der Waals surface area contributed by atoms with E-state index in [0.717, 1.165) is 19.0 Å². The molecule has 1 N–H and O–H groups in total. The molecule has 0 radical (unpaired) electrons. The van der Waals surface area contributed by atoms with E-state index in [2.05, 4.69) is 56.6 Å². The van der Waals surface area contributed by atoms with Gasteiger partial charge in [-0.15, -0.1) is 0 Å². The summed E-state index contributed by atoms with van der Waals surface area (Å²) in [6, 6.07) is 0.402. The standard InChI is InChI=1S/C16H31N3/c1-7-19-15(6)16(14(5)18-19)13(4)17-11-9-8-10-12(2)3/h12-13,17H,7-11H2,1-6H3. The van der Waals surface area contributed by atoms with Crippen molar-refractivity contribution in [2.45, 2.75) is 73.4 Å². The first-order valence-electron chi connectivity index (χ1n) is 7.74. The van der Waals surface area contributed by atoms with Gasteiger partial charge in [0.2, 0.25) is 0 Å². The van der Waals surface area contributed by atoms with Crippen LogP contribution in [0.25, 0.3) is 0 Å². The third-order valence-electron chi connectivity index (χ3n) is 3.83. The van der Waals surface area contributed by atoms with E-state index in [4.69, 9.17) is 0 Å². The summed E-state index contributed by atoms with van der Waals surface area (Å²) < 4.78 is 2.10. The molecule has 1 unspecified atom stereocenters. The molecular weight excluding hydrogens is 234 g/mol. The SMILES string of the molecule is CCn1nc(C)c(C(C)NCCCCC(C)C)c1C. The summed E-state index contributed by atoms with van der Waals surface area (Å²) in [6.07, 6.45) is 3.92. The van der Waals surface area contributed by atoms with Crippen molar-refractivity contribution in [1.82, 2.24) is 15.1 Å². The molecule has 1 heterocycles. The first kappa shape index (κ1) is 16.2. The maximum atomic E-state index is 4.59. The van der Waals surface area contributed by atoms with E-state index in [9.17, 15) is 0 Å². The molecule has 0 aliphatic heterocycles. The topological polar surface area (TPSA) is 29.9 Å². The molecule has 110 valence electrons. The lowest BCUT2D eigenvalue weighted by atomic mass is 10.0. The largest absolute Gasteiger partial charge is 0.310 e. The fourth-order valence-electron chi connectivity index (χ4n) is 2.74. The highest BCUT2D eigenvalue weighted by Crippen LogP contribution is 2.21. The van der Waals surface area contributed by atoms with Gasteiger partial charge in [-0.1, -0.05) is 26.7 Å². The minimum atomic E-state index is 0.402. The van der Waals surface area contributed by atoms with Gasteiger partial charge in [0.15, 0.2) is 0 Å². The second-order valence-electron chi connectivity index (χ2n) is 5.97. The first-order valence-corrected chi connectivity index (χ1v) is 7.74. The van der Waals surface area contributed by atoms with Gasteiger partial charge in [-0.2, -0.15) is 5.10 Å². The van der Waals surface area contributed by atoms with Crippen LogP contribution in [0.2, 0.25) is 0 Å². The van der Waals surface area contributed by atoms with Crippen LogP contribution >= 0.6 is 0 Å². The zero-order valence-electron chi connectivity index (χ0n) is 13.6. The normalized spacial score (nSPS) is 13.2. The van der Waals surface area contributed by atoms with E-state index in [-0.39, 0.29) is 0 Å². The molecule has 19 heavy (non-hydrogen) atoms. The highest BCUT2D eigenvalue weighted by molar-refractivity contribution is 5.27. The number of rotatable bonds is 8. The van der Waals surface area contributed by atoms with E-state index < -0.39 is 0 Å². The molecule has 3 nitrogen and oxygen atoms in total. The monoisotopic (exact) mass is 265 g/mol. The molecule has 0 aliphatic carbocycles. The highest BCUT2D eigenvalue weighted by atomic mass is 15.3. The van der Waals surface area contributed by atoms with E-state index in [1.807, 2.05) is 0 Å². The number of hydrogen-bond acceptors (Lipinski definition) is 2. The highest BCUT2D eigenvalue weighted by Gasteiger charge is 2.16. The molecule has 3 heteroatoms. The maximum absolute atomic E-state index is 4.59. The van der Waals surface area contributed by atoms with Crippen molar-refractivity contribution >= 4 is 0 Å². The van der Waals surface area contributed by atoms with Crippen LogP contribution in [-0.4, -0.2) is 16.3 Å². The van der Waals surface area contributed by atoms with Crippen molar-refractivity contribution in [3.05, 3.63) is 17.0 Å². The average molecular weight is 265 g/mol. The lowest BCUT2D eigenvalue weighted by molar-refractivity contribution is 0.496. The van der Waals surface area contributed by atoms with Crippen LogP contribution in [-0.2, 0) is 6.54 Å². The number of aryl methyl sites for hydroxylation is 2. The molecule has 0 fully saturated rings. The third kappa shape index (κ3) is 4.64.